The topological polar surface area (TPSA) is 79.8 Å². The van der Waals surface area contributed by atoms with Crippen LogP contribution in [0.15, 0.2) is 33.4 Å². The minimum Gasteiger partial charge on any atom is -0.461 e. The van der Waals surface area contributed by atoms with Crippen LogP contribution in [0.4, 0.5) is 4.79 Å². The smallest absolute Gasteiger partial charge is 0.327 e. The van der Waals surface area contributed by atoms with E-state index in [2.05, 4.69) is 5.16 Å². The van der Waals surface area contributed by atoms with E-state index in [-0.39, 0.29) is 18.5 Å². The average molecular weight is 329 g/mol. The molecule has 4 rings (SSSR count). The van der Waals surface area contributed by atoms with Gasteiger partial charge in [0.25, 0.3) is 5.91 Å². The first-order valence-corrected chi connectivity index (χ1v) is 8.21. The number of carbonyl (C=O) groups excluding carboxylic acids is 2. The first-order valence-electron chi connectivity index (χ1n) is 8.21. The number of hydrogen-bond donors (Lipinski definition) is 0. The molecule has 1 aliphatic heterocycles. The zero-order valence-electron chi connectivity index (χ0n) is 13.5. The number of nitrogens with zero attached hydrogens (tertiary/aromatic N) is 3. The lowest BCUT2D eigenvalue weighted by Gasteiger charge is -2.35. The second kappa shape index (κ2) is 5.51. The molecule has 0 bridgehead atoms. The van der Waals surface area contributed by atoms with Crippen molar-refractivity contribution in [2.24, 2.45) is 0 Å². The normalized spacial score (nSPS) is 20.4. The fourth-order valence-corrected chi connectivity index (χ4v) is 3.75. The Labute approximate surface area is 139 Å². The lowest BCUT2D eigenvalue weighted by atomic mass is 9.81. The number of imide groups is 1. The summed E-state index contributed by atoms with van der Waals surface area (Å²) in [6, 6.07) is 4.96. The van der Waals surface area contributed by atoms with Gasteiger partial charge in [0.2, 0.25) is 5.76 Å². The van der Waals surface area contributed by atoms with Gasteiger partial charge in [0.15, 0.2) is 5.76 Å². The van der Waals surface area contributed by atoms with Gasteiger partial charge in [-0.15, -0.1) is 0 Å². The molecule has 126 valence electrons. The van der Waals surface area contributed by atoms with Gasteiger partial charge in [0, 0.05) is 13.1 Å². The number of hydrogen-bond acceptors (Lipinski definition) is 5. The summed E-state index contributed by atoms with van der Waals surface area (Å²) in [6.07, 6.45) is 6.09. The van der Waals surface area contributed by atoms with Gasteiger partial charge in [0.1, 0.15) is 11.2 Å². The maximum absolute atomic E-state index is 12.9. The first-order chi connectivity index (χ1) is 11.6. The second-order valence-electron chi connectivity index (χ2n) is 6.48. The Kier molecular flexibility index (Phi) is 3.44. The van der Waals surface area contributed by atoms with Crippen molar-refractivity contribution in [1.29, 1.82) is 0 Å². The lowest BCUT2D eigenvalue weighted by Crippen LogP contribution is -2.49. The Morgan fingerprint density at radius 3 is 2.71 bits per heavy atom. The summed E-state index contributed by atoms with van der Waals surface area (Å²) in [6.45, 7) is 0.119. The molecule has 0 radical (unpaired) electrons. The van der Waals surface area contributed by atoms with Gasteiger partial charge in [-0.05, 0) is 25.0 Å². The predicted molar refractivity (Wildman–Crippen MR) is 83.7 cm³/mol. The molecule has 2 aromatic heterocycles. The van der Waals surface area contributed by atoms with E-state index in [1.807, 2.05) is 0 Å². The summed E-state index contributed by atoms with van der Waals surface area (Å²) in [5, 5.41) is 3.96. The summed E-state index contributed by atoms with van der Waals surface area (Å²) in [7, 11) is 1.72. The van der Waals surface area contributed by atoms with Crippen molar-refractivity contribution in [2.75, 3.05) is 7.05 Å². The van der Waals surface area contributed by atoms with Gasteiger partial charge in [-0.3, -0.25) is 9.69 Å². The number of carbonyl (C=O) groups is 2. The van der Waals surface area contributed by atoms with Crippen molar-refractivity contribution in [3.63, 3.8) is 0 Å². The first kappa shape index (κ1) is 15.0. The van der Waals surface area contributed by atoms with Crippen LogP contribution in [0.2, 0.25) is 0 Å². The third kappa shape index (κ3) is 2.15. The van der Waals surface area contributed by atoms with E-state index >= 15 is 0 Å². The van der Waals surface area contributed by atoms with Crippen LogP contribution in [0.25, 0.3) is 11.5 Å². The van der Waals surface area contributed by atoms with E-state index in [1.165, 1.54) is 4.90 Å². The summed E-state index contributed by atoms with van der Waals surface area (Å²) in [5.74, 6) is 0.931. The molecule has 1 aliphatic carbocycles. The quantitative estimate of drug-likeness (QED) is 0.809. The molecule has 7 nitrogen and oxygen atoms in total. The van der Waals surface area contributed by atoms with Crippen LogP contribution in [0, 0.1) is 0 Å². The average Bonchev–Trinajstić information content (AvgIpc) is 3.32. The minimum absolute atomic E-state index is 0.114. The van der Waals surface area contributed by atoms with Crippen molar-refractivity contribution in [3.8, 4) is 11.5 Å². The van der Waals surface area contributed by atoms with Crippen molar-refractivity contribution < 1.29 is 18.5 Å². The number of aromatic nitrogens is 1. The van der Waals surface area contributed by atoms with Crippen molar-refractivity contribution >= 4 is 11.9 Å². The predicted octanol–water partition coefficient (Wildman–Crippen LogP) is 3.03. The molecule has 2 aromatic rings. The van der Waals surface area contributed by atoms with Gasteiger partial charge in [-0.1, -0.05) is 24.4 Å². The molecule has 1 saturated carbocycles. The summed E-state index contributed by atoms with van der Waals surface area (Å²) < 4.78 is 10.5. The van der Waals surface area contributed by atoms with E-state index in [9.17, 15) is 9.59 Å². The van der Waals surface area contributed by atoms with Crippen molar-refractivity contribution in [3.05, 3.63) is 30.2 Å². The van der Waals surface area contributed by atoms with Gasteiger partial charge < -0.3 is 13.8 Å². The van der Waals surface area contributed by atoms with Gasteiger partial charge in [-0.2, -0.15) is 0 Å². The van der Waals surface area contributed by atoms with Crippen LogP contribution in [0.3, 0.4) is 0 Å². The highest BCUT2D eigenvalue weighted by atomic mass is 16.5. The van der Waals surface area contributed by atoms with Crippen LogP contribution in [-0.4, -0.2) is 39.5 Å². The van der Waals surface area contributed by atoms with Crippen molar-refractivity contribution in [1.82, 2.24) is 15.0 Å². The summed E-state index contributed by atoms with van der Waals surface area (Å²) >= 11 is 0. The highest BCUT2D eigenvalue weighted by Gasteiger charge is 2.55. The zero-order valence-corrected chi connectivity index (χ0v) is 13.5. The molecule has 1 saturated heterocycles. The molecular weight excluding hydrogens is 310 g/mol. The number of urea groups is 1. The van der Waals surface area contributed by atoms with E-state index in [0.717, 1.165) is 32.1 Å². The Balaban J connectivity index is 1.56. The molecule has 7 heteroatoms. The standard InChI is InChI=1S/C17H19N3O4/c1-19-16(22)20(15(21)17(19)7-3-2-4-8-17)11-12-10-14(24-18-12)13-6-5-9-23-13/h5-6,9-10H,2-4,7-8,11H2,1H3. The van der Waals surface area contributed by atoms with Crippen LogP contribution >= 0.6 is 0 Å². The molecule has 2 fully saturated rings. The van der Waals surface area contributed by atoms with Gasteiger partial charge in [-0.25, -0.2) is 4.79 Å². The summed E-state index contributed by atoms with van der Waals surface area (Å²) in [4.78, 5) is 28.4. The van der Waals surface area contributed by atoms with Gasteiger partial charge in [0.05, 0.1) is 12.8 Å². The Morgan fingerprint density at radius 1 is 1.21 bits per heavy atom. The number of rotatable bonds is 3. The van der Waals surface area contributed by atoms with Crippen LogP contribution in [-0.2, 0) is 11.3 Å². The Hall–Kier alpha value is -2.57. The van der Waals surface area contributed by atoms with Gasteiger partial charge >= 0.3 is 6.03 Å². The molecule has 24 heavy (non-hydrogen) atoms. The van der Waals surface area contributed by atoms with E-state index in [1.54, 1.807) is 36.4 Å². The van der Waals surface area contributed by atoms with Crippen LogP contribution in [0.5, 0.6) is 0 Å². The molecule has 1 spiro atoms. The molecule has 3 heterocycles. The molecule has 2 aliphatic rings. The van der Waals surface area contributed by atoms with E-state index in [0.29, 0.717) is 17.2 Å². The fourth-order valence-electron chi connectivity index (χ4n) is 3.75. The highest BCUT2D eigenvalue weighted by molar-refractivity contribution is 6.06. The SMILES string of the molecule is CN1C(=O)N(Cc2cc(-c3ccco3)on2)C(=O)C12CCCCC2. The molecule has 3 amide bonds. The maximum Gasteiger partial charge on any atom is 0.327 e. The van der Waals surface area contributed by atoms with Crippen LogP contribution in [0.1, 0.15) is 37.8 Å². The molecule has 0 N–H and O–H groups in total. The Morgan fingerprint density at radius 2 is 2.00 bits per heavy atom. The minimum atomic E-state index is -0.664. The molecular formula is C17H19N3O4. The number of likely N-dealkylation sites (N-methyl/N-ethyl adjacent to an activating group) is 1. The zero-order chi connectivity index (χ0) is 16.7. The maximum atomic E-state index is 12.9. The van der Waals surface area contributed by atoms with Crippen molar-refractivity contribution in [2.45, 2.75) is 44.2 Å². The third-order valence-electron chi connectivity index (χ3n) is 5.13. The lowest BCUT2D eigenvalue weighted by molar-refractivity contribution is -0.134. The van der Waals surface area contributed by atoms with Crippen LogP contribution < -0.4 is 0 Å². The van der Waals surface area contributed by atoms with E-state index in [4.69, 9.17) is 8.94 Å². The summed E-state index contributed by atoms with van der Waals surface area (Å²) in [5.41, 5.74) is -0.132. The fraction of sp³-hybridized carbons (Fsp3) is 0.471. The molecule has 0 aromatic carbocycles. The second-order valence-corrected chi connectivity index (χ2v) is 6.48. The third-order valence-corrected chi connectivity index (χ3v) is 5.13. The Bertz CT molecular complexity index is 759. The highest BCUT2D eigenvalue weighted by Crippen LogP contribution is 2.40. The number of amides is 3. The monoisotopic (exact) mass is 329 g/mol. The molecule has 0 atom stereocenters. The number of furan rings is 1. The largest absolute Gasteiger partial charge is 0.461 e. The molecule has 0 unspecified atom stereocenters. The van der Waals surface area contributed by atoms with E-state index < -0.39 is 5.54 Å².